The van der Waals surface area contributed by atoms with Crippen molar-refractivity contribution in [1.82, 2.24) is 9.97 Å². The first kappa shape index (κ1) is 19.6. The summed E-state index contributed by atoms with van der Waals surface area (Å²) in [6.45, 7) is 4.24. The molecule has 0 unspecified atom stereocenters. The van der Waals surface area contributed by atoms with Gasteiger partial charge < -0.3 is 9.97 Å². The Morgan fingerprint density at radius 1 is 0.500 bits per heavy atom. The average molecular weight is 453 g/mol. The number of rotatable bonds is 0. The fraction of sp³-hybridized carbons (Fsp3) is 0.100. The van der Waals surface area contributed by atoms with E-state index in [1.807, 2.05) is 0 Å². The van der Waals surface area contributed by atoms with Crippen LogP contribution in [0.15, 0.2) is 48.5 Å². The molecule has 0 aliphatic carbocycles. The molecule has 0 radical (unpaired) electrons. The van der Waals surface area contributed by atoms with Gasteiger partial charge in [0.2, 0.25) is 0 Å². The fourth-order valence-electron chi connectivity index (χ4n) is 3.38. The van der Waals surface area contributed by atoms with Crippen LogP contribution in [0.2, 0.25) is 0 Å². The van der Waals surface area contributed by atoms with Crippen LogP contribution < -0.4 is 126 Å². The van der Waals surface area contributed by atoms with Gasteiger partial charge in [0.05, 0.1) is 0 Å². The Labute approximate surface area is 238 Å². The van der Waals surface area contributed by atoms with E-state index in [2.05, 4.69) is 62.4 Å². The second-order valence-electron chi connectivity index (χ2n) is 6.15. The Hall–Kier alpha value is 0.870. The summed E-state index contributed by atoms with van der Waals surface area (Å²) in [5, 5.41) is 4.84. The van der Waals surface area contributed by atoms with Gasteiger partial charge in [-0.3, -0.25) is 0 Å². The summed E-state index contributed by atoms with van der Waals surface area (Å²) in [4.78, 5) is 9.57. The quantitative estimate of drug-likeness (QED) is 0.296. The second kappa shape index (κ2) is 7.47. The zero-order valence-corrected chi connectivity index (χ0v) is 24.3. The summed E-state index contributed by atoms with van der Waals surface area (Å²) in [7, 11) is 0. The maximum atomic E-state index is 4.79. The first-order valence-corrected chi connectivity index (χ1v) is 7.53. The van der Waals surface area contributed by atoms with Gasteiger partial charge >= 0.3 is 116 Å². The number of aryl methyl sites for hydroxylation is 2. The van der Waals surface area contributed by atoms with Crippen molar-refractivity contribution in [3.05, 3.63) is 59.7 Å². The van der Waals surface area contributed by atoms with Crippen molar-refractivity contribution < 1.29 is 116 Å². The summed E-state index contributed by atoms with van der Waals surface area (Å²) in [5.74, 6) is 0. The van der Waals surface area contributed by atoms with Crippen molar-refractivity contribution in [2.75, 3.05) is 0 Å². The smallest absolute Gasteiger partial charge is 0.657 e. The van der Waals surface area contributed by atoms with E-state index in [-0.39, 0.29) is 116 Å². The summed E-state index contributed by atoms with van der Waals surface area (Å²) >= 11 is 0. The van der Waals surface area contributed by atoms with Crippen LogP contribution in [-0.2, 0) is 0 Å². The van der Waals surface area contributed by atoms with Crippen LogP contribution in [0.4, 0.5) is 0 Å². The van der Waals surface area contributed by atoms with Gasteiger partial charge in [0.1, 0.15) is 0 Å². The molecule has 0 saturated heterocycles. The number of fused-ring (bicyclic) bond motifs is 6. The Kier molecular flexibility index (Phi) is 6.11. The van der Waals surface area contributed by atoms with Gasteiger partial charge in [-0.2, -0.15) is 0 Å². The molecule has 24 heavy (non-hydrogen) atoms. The molecule has 2 heterocycles. The van der Waals surface area contributed by atoms with Crippen molar-refractivity contribution in [3.8, 4) is 0 Å². The van der Waals surface area contributed by atoms with Gasteiger partial charge in [-0.05, 0) is 35.4 Å². The van der Waals surface area contributed by atoms with Crippen LogP contribution in [0.25, 0.3) is 43.6 Å². The summed E-state index contributed by atoms with van der Waals surface area (Å²) < 4.78 is 0. The molecule has 2 nitrogen and oxygen atoms in total. The number of benzene rings is 3. The molecule has 0 amide bonds. The van der Waals surface area contributed by atoms with Crippen LogP contribution >= 0.6 is 0 Å². The van der Waals surface area contributed by atoms with Crippen LogP contribution in [0.5, 0.6) is 0 Å². The molecule has 0 spiro atoms. The Morgan fingerprint density at radius 2 is 0.875 bits per heavy atom. The van der Waals surface area contributed by atoms with Gasteiger partial charge in [0.25, 0.3) is 0 Å². The molecule has 5 rings (SSSR count). The van der Waals surface area contributed by atoms with Crippen LogP contribution in [0, 0.1) is 13.8 Å². The number of hydrogen-bond donors (Lipinski definition) is 0. The normalized spacial score (nSPS) is 11.1. The molecule has 0 fully saturated rings. The van der Waals surface area contributed by atoms with Gasteiger partial charge in [-0.1, -0.05) is 59.7 Å². The molecule has 0 bridgehead atoms. The first-order chi connectivity index (χ1) is 10.7. The van der Waals surface area contributed by atoms with Crippen LogP contribution in [0.3, 0.4) is 0 Å². The van der Waals surface area contributed by atoms with E-state index in [1.165, 1.54) is 32.7 Å². The number of aromatic nitrogens is 2. The SMILES string of the molecule is Cc1ccc2[n-]c3cc4c(cc3c2c1)[n-]c1ccc(C)cc14.[Rb+].[Rb+]. The van der Waals surface area contributed by atoms with Crippen molar-refractivity contribution >= 4 is 43.6 Å². The first-order valence-electron chi connectivity index (χ1n) is 7.53. The molecule has 3 aromatic carbocycles. The summed E-state index contributed by atoms with van der Waals surface area (Å²) in [6, 6.07) is 17.2. The van der Waals surface area contributed by atoms with Crippen molar-refractivity contribution in [2.45, 2.75) is 13.8 Å². The molecule has 0 N–H and O–H groups in total. The minimum atomic E-state index is 0. The predicted molar refractivity (Wildman–Crippen MR) is 92.6 cm³/mol. The largest absolute Gasteiger partial charge is 1.00 e. The van der Waals surface area contributed by atoms with E-state index in [4.69, 9.17) is 9.97 Å². The molecule has 2 aromatic heterocycles. The van der Waals surface area contributed by atoms with Crippen molar-refractivity contribution in [2.24, 2.45) is 0 Å². The predicted octanol–water partition coefficient (Wildman–Crippen LogP) is -1.16. The van der Waals surface area contributed by atoms with E-state index in [0.29, 0.717) is 0 Å². The third kappa shape index (κ3) is 3.16. The topological polar surface area (TPSA) is 28.2 Å². The molecule has 0 atom stereocenters. The molecule has 106 valence electrons. The summed E-state index contributed by atoms with van der Waals surface area (Å²) in [6.07, 6.45) is 0. The molecule has 5 aromatic rings. The Balaban J connectivity index is 0.000000845. The molecular formula is C20H14N2Rb2. The third-order valence-corrected chi connectivity index (χ3v) is 4.48. The van der Waals surface area contributed by atoms with Crippen molar-refractivity contribution in [3.63, 3.8) is 0 Å². The van der Waals surface area contributed by atoms with Gasteiger partial charge in [0.15, 0.2) is 0 Å². The maximum absolute atomic E-state index is 4.79. The number of hydrogen-bond acceptors (Lipinski definition) is 0. The minimum Gasteiger partial charge on any atom is -0.657 e. The second-order valence-corrected chi connectivity index (χ2v) is 6.15. The van der Waals surface area contributed by atoms with Gasteiger partial charge in [0, 0.05) is 0 Å². The van der Waals surface area contributed by atoms with E-state index in [9.17, 15) is 0 Å². The number of nitrogens with zero attached hydrogens (tertiary/aromatic N) is 2. The Bertz CT molecular complexity index is 1100. The molecule has 0 aliphatic rings. The average Bonchev–Trinajstić information content (AvgIpc) is 3.02. The standard InChI is InChI=1S/C20H14N2.2Rb/c1-11-3-5-17-13(7-11)15-9-20-16(10-19(15)21-17)14-8-12(2)4-6-18(14)22-20;;/h3-10H,1-2H3;;/q-2;2*+1. The summed E-state index contributed by atoms with van der Waals surface area (Å²) in [5.41, 5.74) is 6.77. The van der Waals surface area contributed by atoms with Crippen LogP contribution in [0.1, 0.15) is 11.1 Å². The van der Waals surface area contributed by atoms with Crippen molar-refractivity contribution in [1.29, 1.82) is 0 Å². The van der Waals surface area contributed by atoms with Gasteiger partial charge in [-0.15, -0.1) is 22.1 Å². The molecule has 4 heteroatoms. The van der Waals surface area contributed by atoms with E-state index in [0.717, 1.165) is 22.1 Å². The molecule has 0 saturated carbocycles. The molecular weight excluding hydrogens is 439 g/mol. The van der Waals surface area contributed by atoms with E-state index < -0.39 is 0 Å². The fourth-order valence-corrected chi connectivity index (χ4v) is 3.38. The zero-order valence-electron chi connectivity index (χ0n) is 14.5. The maximum Gasteiger partial charge on any atom is 1.00 e. The molecule has 0 aliphatic heterocycles. The van der Waals surface area contributed by atoms with E-state index >= 15 is 0 Å². The van der Waals surface area contributed by atoms with Crippen LogP contribution in [-0.4, -0.2) is 0 Å². The minimum absolute atomic E-state index is 0. The van der Waals surface area contributed by atoms with E-state index in [1.54, 1.807) is 0 Å². The third-order valence-electron chi connectivity index (χ3n) is 4.48. The van der Waals surface area contributed by atoms with Gasteiger partial charge in [-0.25, -0.2) is 0 Å². The zero-order chi connectivity index (χ0) is 14.8. The Morgan fingerprint density at radius 3 is 1.29 bits per heavy atom. The monoisotopic (exact) mass is 452 g/mol.